The molecule has 1 aromatic rings. The van der Waals surface area contributed by atoms with Crippen molar-refractivity contribution in [1.82, 2.24) is 5.32 Å². The molecule has 0 aliphatic heterocycles. The van der Waals surface area contributed by atoms with Crippen molar-refractivity contribution in [2.45, 2.75) is 43.8 Å². The highest BCUT2D eigenvalue weighted by Crippen LogP contribution is 2.44. The lowest BCUT2D eigenvalue weighted by Crippen LogP contribution is -2.55. The van der Waals surface area contributed by atoms with Gasteiger partial charge in [0.2, 0.25) is 5.91 Å². The van der Waals surface area contributed by atoms with E-state index in [1.807, 2.05) is 0 Å². The third kappa shape index (κ3) is 2.87. The molecular weight excluding hydrogens is 323 g/mol. The monoisotopic (exact) mass is 341 g/mol. The Morgan fingerprint density at radius 2 is 1.83 bits per heavy atom. The summed E-state index contributed by atoms with van der Waals surface area (Å²) >= 11 is 0. The first-order valence-electron chi connectivity index (χ1n) is 7.95. The largest absolute Gasteiger partial charge is 0.481 e. The molecule has 7 heteroatoms. The Morgan fingerprint density at radius 1 is 1.17 bits per heavy atom. The number of halogens is 3. The van der Waals surface area contributed by atoms with Crippen LogP contribution >= 0.6 is 0 Å². The summed E-state index contributed by atoms with van der Waals surface area (Å²) in [5, 5.41) is 11.9. The van der Waals surface area contributed by atoms with Gasteiger partial charge >= 0.3 is 12.1 Å². The summed E-state index contributed by atoms with van der Waals surface area (Å²) in [7, 11) is 0. The molecule has 4 nitrogen and oxygen atoms in total. The summed E-state index contributed by atoms with van der Waals surface area (Å²) in [6.45, 7) is 0. The molecule has 2 N–H and O–H groups in total. The molecule has 2 fully saturated rings. The molecule has 1 amide bonds. The van der Waals surface area contributed by atoms with Crippen LogP contribution < -0.4 is 5.32 Å². The van der Waals surface area contributed by atoms with Crippen molar-refractivity contribution in [3.63, 3.8) is 0 Å². The van der Waals surface area contributed by atoms with Crippen LogP contribution in [0, 0.1) is 11.8 Å². The van der Waals surface area contributed by atoms with E-state index in [9.17, 15) is 22.8 Å². The lowest BCUT2D eigenvalue weighted by atomic mass is 9.69. The van der Waals surface area contributed by atoms with Gasteiger partial charge in [-0.2, -0.15) is 13.2 Å². The number of rotatable bonds is 4. The van der Waals surface area contributed by atoms with Crippen LogP contribution in [-0.4, -0.2) is 17.0 Å². The summed E-state index contributed by atoms with van der Waals surface area (Å²) in [6.07, 6.45) is -1.54. The third-order valence-corrected chi connectivity index (χ3v) is 5.24. The quantitative estimate of drug-likeness (QED) is 0.883. The molecule has 0 heterocycles. The maximum absolute atomic E-state index is 12.9. The SMILES string of the molecule is O=C(O)C1CCC1C(=O)NC1(c2cccc(C(F)(F)F)c2)CCC1. The second kappa shape index (κ2) is 5.79. The molecule has 2 aliphatic rings. The lowest BCUT2D eigenvalue weighted by Gasteiger charge is -2.45. The van der Waals surface area contributed by atoms with Crippen LogP contribution in [0.5, 0.6) is 0 Å². The van der Waals surface area contributed by atoms with E-state index in [0.29, 0.717) is 31.2 Å². The molecule has 0 aromatic heterocycles. The fourth-order valence-corrected chi connectivity index (χ4v) is 3.45. The number of hydrogen-bond donors (Lipinski definition) is 2. The van der Waals surface area contributed by atoms with E-state index in [-0.39, 0.29) is 5.91 Å². The van der Waals surface area contributed by atoms with Gasteiger partial charge in [-0.3, -0.25) is 9.59 Å². The number of nitrogens with one attached hydrogen (secondary N) is 1. The van der Waals surface area contributed by atoms with Crippen LogP contribution in [0.15, 0.2) is 24.3 Å². The Balaban J connectivity index is 1.80. The van der Waals surface area contributed by atoms with Crippen molar-refractivity contribution in [3.8, 4) is 0 Å². The minimum atomic E-state index is -4.44. The Morgan fingerprint density at radius 3 is 2.29 bits per heavy atom. The van der Waals surface area contributed by atoms with E-state index in [1.54, 1.807) is 6.07 Å². The molecule has 0 radical (unpaired) electrons. The van der Waals surface area contributed by atoms with Crippen LogP contribution in [0.2, 0.25) is 0 Å². The van der Waals surface area contributed by atoms with Gasteiger partial charge < -0.3 is 10.4 Å². The van der Waals surface area contributed by atoms with Gasteiger partial charge in [-0.05, 0) is 49.8 Å². The Hall–Kier alpha value is -2.05. The number of benzene rings is 1. The number of carboxylic acids is 1. The number of carboxylic acid groups (broad SMARTS) is 1. The number of hydrogen-bond acceptors (Lipinski definition) is 2. The van der Waals surface area contributed by atoms with E-state index in [1.165, 1.54) is 6.07 Å². The predicted molar refractivity (Wildman–Crippen MR) is 79.0 cm³/mol. The fourth-order valence-electron chi connectivity index (χ4n) is 3.45. The van der Waals surface area contributed by atoms with Crippen molar-refractivity contribution in [2.24, 2.45) is 11.8 Å². The highest BCUT2D eigenvalue weighted by Gasteiger charge is 2.47. The highest BCUT2D eigenvalue weighted by atomic mass is 19.4. The summed E-state index contributed by atoms with van der Waals surface area (Å²) < 4.78 is 38.8. The first-order valence-corrected chi connectivity index (χ1v) is 7.95. The second-order valence-electron chi connectivity index (χ2n) is 6.63. The zero-order valence-corrected chi connectivity index (χ0v) is 12.9. The van der Waals surface area contributed by atoms with Gasteiger partial charge in [0, 0.05) is 0 Å². The topological polar surface area (TPSA) is 66.4 Å². The average molecular weight is 341 g/mol. The van der Waals surface area contributed by atoms with E-state index < -0.39 is 35.1 Å². The van der Waals surface area contributed by atoms with E-state index >= 15 is 0 Å². The van der Waals surface area contributed by atoms with Gasteiger partial charge in [0.25, 0.3) is 0 Å². The molecule has 2 saturated carbocycles. The molecule has 2 aliphatic carbocycles. The van der Waals surface area contributed by atoms with Crippen LogP contribution in [0.1, 0.15) is 43.2 Å². The van der Waals surface area contributed by atoms with Gasteiger partial charge in [0.15, 0.2) is 0 Å². The molecule has 3 rings (SSSR count). The minimum absolute atomic E-state index is 0.370. The molecule has 0 spiro atoms. The first-order chi connectivity index (χ1) is 11.2. The number of carbonyl (C=O) groups excluding carboxylic acids is 1. The fraction of sp³-hybridized carbons (Fsp3) is 0.529. The normalized spacial score (nSPS) is 25.3. The number of amides is 1. The molecule has 130 valence electrons. The summed E-state index contributed by atoms with van der Waals surface area (Å²) in [5.41, 5.74) is -1.12. The van der Waals surface area contributed by atoms with Crippen LogP contribution in [0.3, 0.4) is 0 Å². The highest BCUT2D eigenvalue weighted by molar-refractivity contribution is 5.87. The van der Waals surface area contributed by atoms with E-state index in [2.05, 4.69) is 5.32 Å². The van der Waals surface area contributed by atoms with Crippen molar-refractivity contribution >= 4 is 11.9 Å². The molecule has 24 heavy (non-hydrogen) atoms. The number of aliphatic carboxylic acids is 1. The van der Waals surface area contributed by atoms with Crippen LogP contribution in [-0.2, 0) is 21.3 Å². The Kier molecular flexibility index (Phi) is 4.05. The predicted octanol–water partition coefficient (Wildman–Crippen LogP) is 3.31. The van der Waals surface area contributed by atoms with Gasteiger partial charge in [0.05, 0.1) is 22.9 Å². The van der Waals surface area contributed by atoms with Crippen molar-refractivity contribution < 1.29 is 27.9 Å². The van der Waals surface area contributed by atoms with Crippen molar-refractivity contribution in [3.05, 3.63) is 35.4 Å². The molecule has 0 bridgehead atoms. The Labute approximate surface area is 137 Å². The molecule has 2 atom stereocenters. The maximum Gasteiger partial charge on any atom is 0.416 e. The molecular formula is C17H18F3NO3. The second-order valence-corrected chi connectivity index (χ2v) is 6.63. The van der Waals surface area contributed by atoms with Crippen molar-refractivity contribution in [2.75, 3.05) is 0 Å². The van der Waals surface area contributed by atoms with Gasteiger partial charge in [-0.25, -0.2) is 0 Å². The first kappa shape index (κ1) is 16.8. The summed E-state index contributed by atoms with van der Waals surface area (Å²) in [6, 6.07) is 5.01. The summed E-state index contributed by atoms with van der Waals surface area (Å²) in [5.74, 6) is -2.65. The standard InChI is InChI=1S/C17H18F3NO3/c18-17(19,20)11-4-1-3-10(9-11)16(7-2-8-16)21-14(22)12-5-6-13(12)15(23)24/h1,3-4,9,12-13H,2,5-8H2,(H,21,22)(H,23,24). The van der Waals surface area contributed by atoms with Gasteiger partial charge in [0.1, 0.15) is 0 Å². The summed E-state index contributed by atoms with van der Waals surface area (Å²) in [4.78, 5) is 23.5. The van der Waals surface area contributed by atoms with Gasteiger partial charge in [-0.1, -0.05) is 12.1 Å². The van der Waals surface area contributed by atoms with E-state index in [4.69, 9.17) is 5.11 Å². The molecule has 2 unspecified atom stereocenters. The minimum Gasteiger partial charge on any atom is -0.481 e. The Bertz CT molecular complexity index is 667. The zero-order valence-electron chi connectivity index (χ0n) is 12.9. The number of carbonyl (C=O) groups is 2. The third-order valence-electron chi connectivity index (χ3n) is 5.24. The average Bonchev–Trinajstić information content (AvgIpc) is 2.40. The molecule has 0 saturated heterocycles. The molecule has 1 aromatic carbocycles. The van der Waals surface area contributed by atoms with Gasteiger partial charge in [-0.15, -0.1) is 0 Å². The smallest absolute Gasteiger partial charge is 0.416 e. The lowest BCUT2D eigenvalue weighted by molar-refractivity contribution is -0.153. The van der Waals surface area contributed by atoms with Crippen LogP contribution in [0.25, 0.3) is 0 Å². The maximum atomic E-state index is 12.9. The number of alkyl halides is 3. The van der Waals surface area contributed by atoms with Crippen molar-refractivity contribution in [1.29, 1.82) is 0 Å². The zero-order chi connectivity index (χ0) is 17.5. The van der Waals surface area contributed by atoms with E-state index in [0.717, 1.165) is 18.6 Å². The van der Waals surface area contributed by atoms with Crippen LogP contribution in [0.4, 0.5) is 13.2 Å².